The van der Waals surface area contributed by atoms with E-state index in [1.54, 1.807) is 12.1 Å². The second-order valence-corrected chi connectivity index (χ2v) is 3.28. The molecule has 0 aliphatic rings. The third-order valence-electron chi connectivity index (χ3n) is 0.931. The third-order valence-corrected chi connectivity index (χ3v) is 1.91. The molecule has 0 amide bonds. The fourth-order valence-electron chi connectivity index (χ4n) is 0.489. The van der Waals surface area contributed by atoms with Gasteiger partial charge in [-0.1, -0.05) is 17.7 Å². The molecule has 10 heavy (non-hydrogen) atoms. The minimum atomic E-state index is 0. The second-order valence-electron chi connectivity index (χ2n) is 1.62. The Labute approximate surface area is 90.6 Å². The Kier molecular flexibility index (Phi) is 4.79. The van der Waals surface area contributed by atoms with Crippen LogP contribution in [-0.2, 0) is 0 Å². The Hall–Kier alpha value is 0.637. The van der Waals surface area contributed by atoms with E-state index in [4.69, 9.17) is 17.3 Å². The van der Waals surface area contributed by atoms with E-state index in [1.807, 2.05) is 6.07 Å². The molecule has 0 unspecified atom stereocenters. The molecule has 1 N–H and O–H groups in total. The van der Waals surface area contributed by atoms with Crippen molar-refractivity contribution in [3.63, 3.8) is 0 Å². The smallest absolute Gasteiger partial charge is 0.698 e. The standard InChI is InChI=1S/C6H4ClIN.Li/c7-5-3-4(8)1-2-6(5)9;/h1-3,9H;/q-1;+1. The molecule has 0 saturated carbocycles. The van der Waals surface area contributed by atoms with Crippen molar-refractivity contribution in [2.24, 2.45) is 0 Å². The zero-order chi connectivity index (χ0) is 6.85. The third kappa shape index (κ3) is 2.71. The molecule has 1 aromatic rings. The number of halogens is 2. The quantitative estimate of drug-likeness (QED) is 0.482. The Bertz CT molecular complexity index is 229. The number of nitrogens with one attached hydrogen (secondary N) is 1. The van der Waals surface area contributed by atoms with Crippen LogP contribution in [0.2, 0.25) is 5.02 Å². The SMILES string of the molecule is [Li+].[NH-]c1ccc(I)cc1Cl. The van der Waals surface area contributed by atoms with E-state index < -0.39 is 0 Å². The molecule has 0 atom stereocenters. The van der Waals surface area contributed by atoms with Gasteiger partial charge in [-0.25, -0.2) is 0 Å². The van der Waals surface area contributed by atoms with Crippen LogP contribution in [0.15, 0.2) is 18.2 Å². The van der Waals surface area contributed by atoms with Gasteiger partial charge in [-0.15, -0.1) is 5.69 Å². The van der Waals surface area contributed by atoms with Gasteiger partial charge in [-0.05, 0) is 34.7 Å². The largest absolute Gasteiger partial charge is 1.00 e. The Morgan fingerprint density at radius 1 is 1.40 bits per heavy atom. The molecular weight excluding hydrogens is 255 g/mol. The molecule has 0 aliphatic carbocycles. The summed E-state index contributed by atoms with van der Waals surface area (Å²) in [6.45, 7) is 0. The maximum Gasteiger partial charge on any atom is 1.00 e. The summed E-state index contributed by atoms with van der Waals surface area (Å²) in [5.74, 6) is 0. The van der Waals surface area contributed by atoms with Crippen LogP contribution in [0.4, 0.5) is 5.69 Å². The molecular formula is C6H4ClILiN. The van der Waals surface area contributed by atoms with Crippen molar-refractivity contribution in [3.05, 3.63) is 32.5 Å². The van der Waals surface area contributed by atoms with Gasteiger partial charge in [0.25, 0.3) is 0 Å². The van der Waals surface area contributed by atoms with E-state index in [0.29, 0.717) is 10.7 Å². The van der Waals surface area contributed by atoms with Gasteiger partial charge in [0.05, 0.1) is 0 Å². The van der Waals surface area contributed by atoms with E-state index >= 15 is 0 Å². The van der Waals surface area contributed by atoms with Gasteiger partial charge in [0.15, 0.2) is 0 Å². The topological polar surface area (TPSA) is 23.8 Å². The van der Waals surface area contributed by atoms with Crippen molar-refractivity contribution in [2.75, 3.05) is 0 Å². The van der Waals surface area contributed by atoms with Gasteiger partial charge in [-0.3, -0.25) is 0 Å². The van der Waals surface area contributed by atoms with E-state index in [-0.39, 0.29) is 18.9 Å². The summed E-state index contributed by atoms with van der Waals surface area (Å²) in [7, 11) is 0. The molecule has 0 aliphatic heterocycles. The van der Waals surface area contributed by atoms with E-state index in [2.05, 4.69) is 22.6 Å². The molecule has 0 radical (unpaired) electrons. The predicted molar refractivity (Wildman–Crippen MR) is 48.2 cm³/mol. The Morgan fingerprint density at radius 2 is 2.00 bits per heavy atom. The fraction of sp³-hybridized carbons (Fsp3) is 0. The first-order valence-corrected chi connectivity index (χ1v) is 3.82. The number of hydrogen-bond donors (Lipinski definition) is 0. The number of benzene rings is 1. The first kappa shape index (κ1) is 10.6. The van der Waals surface area contributed by atoms with Crippen molar-refractivity contribution in [3.8, 4) is 0 Å². The van der Waals surface area contributed by atoms with Gasteiger partial charge in [0, 0.05) is 8.59 Å². The summed E-state index contributed by atoms with van der Waals surface area (Å²) < 4.78 is 1.06. The molecule has 0 spiro atoms. The molecule has 1 aromatic carbocycles. The van der Waals surface area contributed by atoms with Crippen LogP contribution in [0.3, 0.4) is 0 Å². The normalized spacial score (nSPS) is 8.60. The second kappa shape index (κ2) is 4.50. The van der Waals surface area contributed by atoms with Crippen LogP contribution in [-0.4, -0.2) is 0 Å². The number of hydrogen-bond acceptors (Lipinski definition) is 0. The zero-order valence-electron chi connectivity index (χ0n) is 5.49. The van der Waals surface area contributed by atoms with Crippen LogP contribution in [0, 0.1) is 3.57 Å². The first-order chi connectivity index (χ1) is 4.20. The molecule has 0 heterocycles. The molecule has 0 saturated heterocycles. The molecule has 48 valence electrons. The molecule has 1 nitrogen and oxygen atoms in total. The summed E-state index contributed by atoms with van der Waals surface area (Å²) in [6, 6.07) is 5.31. The van der Waals surface area contributed by atoms with Crippen molar-refractivity contribution in [1.82, 2.24) is 0 Å². The van der Waals surface area contributed by atoms with Crippen LogP contribution in [0.25, 0.3) is 5.73 Å². The number of rotatable bonds is 0. The molecule has 4 heteroatoms. The van der Waals surface area contributed by atoms with Gasteiger partial charge in [-0.2, -0.15) is 0 Å². The van der Waals surface area contributed by atoms with Gasteiger partial charge >= 0.3 is 18.9 Å². The van der Waals surface area contributed by atoms with E-state index in [9.17, 15) is 0 Å². The van der Waals surface area contributed by atoms with Crippen molar-refractivity contribution < 1.29 is 18.9 Å². The van der Waals surface area contributed by atoms with Gasteiger partial charge in [0.2, 0.25) is 0 Å². The monoisotopic (exact) mass is 259 g/mol. The maximum atomic E-state index is 7.18. The molecule has 0 bridgehead atoms. The van der Waals surface area contributed by atoms with Gasteiger partial charge < -0.3 is 5.73 Å². The fourth-order valence-corrected chi connectivity index (χ4v) is 1.35. The zero-order valence-corrected chi connectivity index (χ0v) is 8.40. The molecule has 1 rings (SSSR count). The molecule has 0 aromatic heterocycles. The summed E-state index contributed by atoms with van der Waals surface area (Å²) in [4.78, 5) is 0. The van der Waals surface area contributed by atoms with Crippen molar-refractivity contribution in [1.29, 1.82) is 0 Å². The van der Waals surface area contributed by atoms with E-state index in [0.717, 1.165) is 3.57 Å². The minimum Gasteiger partial charge on any atom is -0.698 e. The van der Waals surface area contributed by atoms with Crippen LogP contribution in [0.1, 0.15) is 0 Å². The van der Waals surface area contributed by atoms with E-state index in [1.165, 1.54) is 0 Å². The average molecular weight is 259 g/mol. The maximum absolute atomic E-state index is 7.18. The van der Waals surface area contributed by atoms with Gasteiger partial charge in [0.1, 0.15) is 0 Å². The van der Waals surface area contributed by atoms with Crippen LogP contribution < -0.4 is 18.9 Å². The summed E-state index contributed by atoms with van der Waals surface area (Å²) in [6.07, 6.45) is 0. The summed E-state index contributed by atoms with van der Waals surface area (Å²) >= 11 is 7.78. The first-order valence-electron chi connectivity index (χ1n) is 2.37. The minimum absolute atomic E-state index is 0. The summed E-state index contributed by atoms with van der Waals surface area (Å²) in [5, 5.41) is 0.516. The molecule has 0 fully saturated rings. The average Bonchev–Trinajstić information content (AvgIpc) is 1.80. The Morgan fingerprint density at radius 3 is 2.40 bits per heavy atom. The summed E-state index contributed by atoms with van der Waals surface area (Å²) in [5.41, 5.74) is 7.57. The predicted octanol–water partition coefficient (Wildman–Crippen LogP) is 0.632. The van der Waals surface area contributed by atoms with Crippen LogP contribution >= 0.6 is 34.2 Å². The Balaban J connectivity index is 0.000000810. The van der Waals surface area contributed by atoms with Crippen molar-refractivity contribution >= 4 is 39.9 Å². The van der Waals surface area contributed by atoms with Crippen LogP contribution in [0.5, 0.6) is 0 Å². The van der Waals surface area contributed by atoms with Crippen molar-refractivity contribution in [2.45, 2.75) is 0 Å².